The number of anilines is 3. The van der Waals surface area contributed by atoms with Crippen molar-refractivity contribution in [1.29, 1.82) is 0 Å². The molecule has 1 nitrogen and oxygen atoms in total. The molecular weight excluding hydrogens is 843 g/mol. The number of hydrogen-bond acceptors (Lipinski definition) is 1. The molecule has 13 aromatic rings. The molecule has 1 spiro atoms. The van der Waals surface area contributed by atoms with Gasteiger partial charge in [-0.05, 0) is 158 Å². The van der Waals surface area contributed by atoms with E-state index in [9.17, 15) is 0 Å². The molecule has 0 heterocycles. The maximum Gasteiger partial charge on any atom is 0.0726 e. The van der Waals surface area contributed by atoms with Crippen molar-refractivity contribution in [3.8, 4) is 44.5 Å². The molecule has 0 bridgehead atoms. The van der Waals surface area contributed by atoms with Crippen LogP contribution in [0, 0.1) is 0 Å². The Morgan fingerprint density at radius 1 is 0.229 bits per heavy atom. The molecule has 0 N–H and O–H groups in total. The minimum Gasteiger partial charge on any atom is -0.310 e. The van der Waals surface area contributed by atoms with Gasteiger partial charge in [-0.25, -0.2) is 0 Å². The number of rotatable bonds is 5. The van der Waals surface area contributed by atoms with E-state index >= 15 is 0 Å². The number of benzene rings is 13. The summed E-state index contributed by atoms with van der Waals surface area (Å²) >= 11 is 0. The number of nitrogens with zero attached hydrogens (tertiary/aromatic N) is 1. The van der Waals surface area contributed by atoms with Crippen LogP contribution in [0.5, 0.6) is 0 Å². The van der Waals surface area contributed by atoms with Gasteiger partial charge >= 0.3 is 0 Å². The summed E-state index contributed by atoms with van der Waals surface area (Å²) in [7, 11) is 0. The van der Waals surface area contributed by atoms with E-state index in [1.165, 1.54) is 115 Å². The zero-order valence-electron chi connectivity index (χ0n) is 38.3. The Morgan fingerprint density at radius 3 is 1.27 bits per heavy atom. The summed E-state index contributed by atoms with van der Waals surface area (Å²) in [6.45, 7) is 0. The highest BCUT2D eigenvalue weighted by molar-refractivity contribution is 6.26. The van der Waals surface area contributed by atoms with E-state index in [2.05, 4.69) is 266 Å². The van der Waals surface area contributed by atoms with Crippen LogP contribution in [-0.4, -0.2) is 0 Å². The van der Waals surface area contributed by atoms with E-state index in [-0.39, 0.29) is 0 Å². The van der Waals surface area contributed by atoms with Crippen LogP contribution in [0.4, 0.5) is 17.1 Å². The molecule has 2 aliphatic rings. The van der Waals surface area contributed by atoms with Gasteiger partial charge < -0.3 is 4.90 Å². The van der Waals surface area contributed by atoms with E-state index in [0.29, 0.717) is 0 Å². The van der Waals surface area contributed by atoms with Crippen LogP contribution in [0.2, 0.25) is 0 Å². The summed E-state index contributed by atoms with van der Waals surface area (Å²) in [5.41, 5.74) is 18.1. The van der Waals surface area contributed by atoms with Crippen molar-refractivity contribution in [2.24, 2.45) is 0 Å². The number of para-hydroxylation sites is 1. The largest absolute Gasteiger partial charge is 0.310 e. The van der Waals surface area contributed by atoms with Gasteiger partial charge in [-0.15, -0.1) is 0 Å². The molecule has 0 saturated heterocycles. The first kappa shape index (κ1) is 39.0. The molecule has 1 heteroatoms. The second-order valence-electron chi connectivity index (χ2n) is 19.1. The van der Waals surface area contributed by atoms with E-state index in [0.717, 1.165) is 22.6 Å². The second-order valence-corrected chi connectivity index (χ2v) is 19.1. The molecule has 0 saturated carbocycles. The topological polar surface area (TPSA) is 3.24 Å². The molecular formula is C69H43N. The predicted octanol–water partition coefficient (Wildman–Crippen LogP) is 18.6. The van der Waals surface area contributed by atoms with Crippen LogP contribution in [0.1, 0.15) is 22.3 Å². The van der Waals surface area contributed by atoms with Crippen molar-refractivity contribution in [2.75, 3.05) is 4.90 Å². The average Bonchev–Trinajstić information content (AvgIpc) is 3.91. The predicted molar refractivity (Wildman–Crippen MR) is 296 cm³/mol. The third-order valence-electron chi connectivity index (χ3n) is 15.6. The Kier molecular flexibility index (Phi) is 8.35. The van der Waals surface area contributed by atoms with E-state index < -0.39 is 5.41 Å². The highest BCUT2D eigenvalue weighted by atomic mass is 15.1. The van der Waals surface area contributed by atoms with Crippen molar-refractivity contribution in [3.05, 3.63) is 283 Å². The first-order chi connectivity index (χ1) is 34.7. The van der Waals surface area contributed by atoms with Crippen molar-refractivity contribution >= 4 is 70.9 Å². The normalized spacial score (nSPS) is 13.0. The lowest BCUT2D eigenvalue weighted by molar-refractivity contribution is 0.794. The average molecular weight is 886 g/mol. The SMILES string of the molecule is c1ccc(N(c2ccc3c4ccccc4c4ccccc4c3c2)c2cc3c(cc2-c2ccc(-c4cc5ccccc5c5ccccc45)cc2)-c2ccccc2C32c3ccccc3-c3ccccc32)cc1. The fourth-order valence-corrected chi connectivity index (χ4v) is 12.7. The molecule has 0 fully saturated rings. The quantitative estimate of drug-likeness (QED) is 0.156. The molecule has 324 valence electrons. The lowest BCUT2D eigenvalue weighted by Crippen LogP contribution is -2.26. The number of fused-ring (bicyclic) bond motifs is 19. The maximum atomic E-state index is 2.56. The van der Waals surface area contributed by atoms with E-state index in [1.807, 2.05) is 0 Å². The van der Waals surface area contributed by atoms with Crippen molar-refractivity contribution < 1.29 is 0 Å². The summed E-state index contributed by atoms with van der Waals surface area (Å²) in [6.07, 6.45) is 0. The Hall–Kier alpha value is -9.04. The zero-order valence-corrected chi connectivity index (χ0v) is 38.3. The first-order valence-electron chi connectivity index (χ1n) is 24.4. The fourth-order valence-electron chi connectivity index (χ4n) is 12.7. The molecule has 15 rings (SSSR count). The van der Waals surface area contributed by atoms with Gasteiger partial charge in [0.15, 0.2) is 0 Å². The Morgan fingerprint density at radius 2 is 0.671 bits per heavy atom. The van der Waals surface area contributed by atoms with Crippen LogP contribution in [0.3, 0.4) is 0 Å². The van der Waals surface area contributed by atoms with Gasteiger partial charge in [-0.2, -0.15) is 0 Å². The van der Waals surface area contributed by atoms with Crippen LogP contribution in [-0.2, 0) is 5.41 Å². The molecule has 70 heavy (non-hydrogen) atoms. The lowest BCUT2D eigenvalue weighted by atomic mass is 9.70. The lowest BCUT2D eigenvalue weighted by Gasteiger charge is -2.33. The molecule has 0 amide bonds. The minimum atomic E-state index is -0.506. The monoisotopic (exact) mass is 885 g/mol. The fraction of sp³-hybridized carbons (Fsp3) is 0.0145. The Bertz CT molecular complexity index is 4210. The van der Waals surface area contributed by atoms with Gasteiger partial charge in [0.25, 0.3) is 0 Å². The standard InChI is InChI=1S/C69H43N/c1-2-19-47(20-3-1)70(48-38-39-56-53-25-8-7-23-51(53)52-24-9-11-27-55(52)62(56)41-48)68-43-67-63(59-30-14-17-33-66(59)69(67)64-31-15-12-28-57(64)58-29-13-16-32-65(58)69)42-61(68)45-36-34-44(35-37-45)60-40-46-18-4-5-21-49(46)50-22-6-10-26-54(50)60/h1-43H. The summed E-state index contributed by atoms with van der Waals surface area (Å²) in [5.74, 6) is 0. The van der Waals surface area contributed by atoms with Crippen LogP contribution in [0.25, 0.3) is 98.4 Å². The smallest absolute Gasteiger partial charge is 0.0726 e. The zero-order chi connectivity index (χ0) is 45.9. The summed E-state index contributed by atoms with van der Waals surface area (Å²) in [6, 6.07) is 97.7. The van der Waals surface area contributed by atoms with Gasteiger partial charge in [0, 0.05) is 16.9 Å². The minimum absolute atomic E-state index is 0.506. The molecule has 0 radical (unpaired) electrons. The summed E-state index contributed by atoms with van der Waals surface area (Å²) < 4.78 is 0. The van der Waals surface area contributed by atoms with E-state index in [4.69, 9.17) is 0 Å². The van der Waals surface area contributed by atoms with Gasteiger partial charge in [-0.1, -0.05) is 218 Å². The second kappa shape index (κ2) is 15.0. The third-order valence-corrected chi connectivity index (χ3v) is 15.6. The molecule has 0 unspecified atom stereocenters. The first-order valence-corrected chi connectivity index (χ1v) is 24.4. The van der Waals surface area contributed by atoms with Crippen LogP contribution >= 0.6 is 0 Å². The highest BCUT2D eigenvalue weighted by Crippen LogP contribution is 2.64. The summed E-state index contributed by atoms with van der Waals surface area (Å²) in [5, 5.41) is 12.6. The van der Waals surface area contributed by atoms with E-state index in [1.54, 1.807) is 0 Å². The molecule has 13 aromatic carbocycles. The molecule has 2 aliphatic carbocycles. The van der Waals surface area contributed by atoms with Crippen molar-refractivity contribution in [1.82, 2.24) is 0 Å². The van der Waals surface area contributed by atoms with Crippen LogP contribution < -0.4 is 4.90 Å². The van der Waals surface area contributed by atoms with Crippen molar-refractivity contribution in [3.63, 3.8) is 0 Å². The Labute approximate surface area is 406 Å². The Balaban J connectivity index is 1.03. The van der Waals surface area contributed by atoms with Gasteiger partial charge in [-0.3, -0.25) is 0 Å². The third kappa shape index (κ3) is 5.43. The van der Waals surface area contributed by atoms with Gasteiger partial charge in [0.2, 0.25) is 0 Å². The van der Waals surface area contributed by atoms with Crippen molar-refractivity contribution in [2.45, 2.75) is 5.41 Å². The maximum absolute atomic E-state index is 2.56. The highest BCUT2D eigenvalue weighted by Gasteiger charge is 2.52. The molecule has 0 aromatic heterocycles. The molecule has 0 aliphatic heterocycles. The summed E-state index contributed by atoms with van der Waals surface area (Å²) in [4.78, 5) is 2.52. The van der Waals surface area contributed by atoms with Gasteiger partial charge in [0.05, 0.1) is 11.1 Å². The van der Waals surface area contributed by atoms with Gasteiger partial charge in [0.1, 0.15) is 0 Å². The molecule has 0 atom stereocenters. The number of hydrogen-bond donors (Lipinski definition) is 0. The van der Waals surface area contributed by atoms with Crippen LogP contribution in [0.15, 0.2) is 261 Å².